The molecule has 3 aromatic carbocycles. The molecule has 3 aromatic rings. The predicted molar refractivity (Wildman–Crippen MR) is 146 cm³/mol. The summed E-state index contributed by atoms with van der Waals surface area (Å²) in [4.78, 5) is 27.9. The Balaban J connectivity index is 1.85. The van der Waals surface area contributed by atoms with Gasteiger partial charge in [0.05, 0.1) is 11.4 Å². The number of hydrogen-bond acceptors (Lipinski definition) is 4. The third-order valence-corrected chi connectivity index (χ3v) is 8.49. The van der Waals surface area contributed by atoms with Crippen molar-refractivity contribution in [3.63, 3.8) is 0 Å². The Hall–Kier alpha value is -2.75. The van der Waals surface area contributed by atoms with E-state index in [1.54, 1.807) is 25.1 Å². The molecule has 0 unspecified atom stereocenters. The van der Waals surface area contributed by atoms with Crippen molar-refractivity contribution < 1.29 is 18.0 Å². The first kappa shape index (κ1) is 27.8. The van der Waals surface area contributed by atoms with E-state index in [9.17, 15) is 18.0 Å². The van der Waals surface area contributed by atoms with Gasteiger partial charge in [0, 0.05) is 24.1 Å². The topological polar surface area (TPSA) is 86.8 Å². The molecule has 7 nitrogen and oxygen atoms in total. The molecule has 1 N–H and O–H groups in total. The molecule has 36 heavy (non-hydrogen) atoms. The number of likely N-dealkylation sites (N-methyl/N-ethyl adjacent to an activating group) is 1. The summed E-state index contributed by atoms with van der Waals surface area (Å²) in [6.07, 6.45) is 0.755. The van der Waals surface area contributed by atoms with Crippen molar-refractivity contribution in [1.82, 2.24) is 14.5 Å². The Bertz CT molecular complexity index is 1350. The molecule has 2 atom stereocenters. The lowest BCUT2D eigenvalue weighted by Crippen LogP contribution is -2.51. The van der Waals surface area contributed by atoms with Crippen molar-refractivity contribution in [1.29, 1.82) is 0 Å². The Morgan fingerprint density at radius 1 is 0.972 bits per heavy atom. The maximum atomic E-state index is 13.5. The van der Waals surface area contributed by atoms with E-state index in [4.69, 9.17) is 0 Å². The highest BCUT2D eigenvalue weighted by molar-refractivity contribution is 9.10. The second kappa shape index (κ2) is 12.0. The molecule has 0 saturated carbocycles. The largest absolute Gasteiger partial charge is 0.352 e. The van der Waals surface area contributed by atoms with Gasteiger partial charge in [-0.15, -0.1) is 0 Å². The fourth-order valence-electron chi connectivity index (χ4n) is 3.75. The van der Waals surface area contributed by atoms with Gasteiger partial charge in [-0.3, -0.25) is 9.59 Å². The smallest absolute Gasteiger partial charge is 0.243 e. The zero-order chi connectivity index (χ0) is 26.5. The van der Waals surface area contributed by atoms with E-state index >= 15 is 0 Å². The quantitative estimate of drug-likeness (QED) is 0.385. The summed E-state index contributed by atoms with van der Waals surface area (Å²) < 4.78 is 28.5. The molecule has 0 heterocycles. The van der Waals surface area contributed by atoms with Crippen molar-refractivity contribution in [3.05, 3.63) is 76.8 Å². The third kappa shape index (κ3) is 6.72. The van der Waals surface area contributed by atoms with Crippen LogP contribution in [0.1, 0.15) is 32.8 Å². The zero-order valence-electron chi connectivity index (χ0n) is 20.9. The summed E-state index contributed by atoms with van der Waals surface area (Å²) in [5, 5.41) is 4.64. The minimum atomic E-state index is -3.93. The van der Waals surface area contributed by atoms with Crippen molar-refractivity contribution in [2.45, 2.75) is 50.7 Å². The highest BCUT2D eigenvalue weighted by atomic mass is 79.9. The molecule has 0 aliphatic carbocycles. The number of hydrogen-bond donors (Lipinski definition) is 1. The van der Waals surface area contributed by atoms with E-state index in [0.29, 0.717) is 0 Å². The van der Waals surface area contributed by atoms with Gasteiger partial charge in [-0.1, -0.05) is 65.3 Å². The van der Waals surface area contributed by atoms with Crippen molar-refractivity contribution >= 4 is 48.5 Å². The van der Waals surface area contributed by atoms with Gasteiger partial charge in [0.2, 0.25) is 21.8 Å². The van der Waals surface area contributed by atoms with Crippen LogP contribution < -0.4 is 5.32 Å². The van der Waals surface area contributed by atoms with E-state index in [2.05, 4.69) is 21.2 Å². The molecule has 9 heteroatoms. The highest BCUT2D eigenvalue weighted by Gasteiger charge is 2.30. The number of sulfonamides is 1. The van der Waals surface area contributed by atoms with E-state index in [1.165, 1.54) is 11.9 Å². The van der Waals surface area contributed by atoms with Crippen molar-refractivity contribution in [3.8, 4) is 0 Å². The molecule has 0 saturated heterocycles. The van der Waals surface area contributed by atoms with Crippen LogP contribution >= 0.6 is 15.9 Å². The van der Waals surface area contributed by atoms with Crippen LogP contribution in [0.4, 0.5) is 0 Å². The highest BCUT2D eigenvalue weighted by Crippen LogP contribution is 2.22. The lowest BCUT2D eigenvalue weighted by molar-refractivity contribution is -0.140. The number of nitrogens with one attached hydrogen (secondary N) is 1. The second-order valence-corrected chi connectivity index (χ2v) is 11.9. The van der Waals surface area contributed by atoms with E-state index < -0.39 is 28.5 Å². The maximum Gasteiger partial charge on any atom is 0.243 e. The van der Waals surface area contributed by atoms with Gasteiger partial charge in [0.25, 0.3) is 0 Å². The fraction of sp³-hybridized carbons (Fsp3) is 0.333. The van der Waals surface area contributed by atoms with Gasteiger partial charge in [-0.2, -0.15) is 4.31 Å². The van der Waals surface area contributed by atoms with Gasteiger partial charge in [0.15, 0.2) is 0 Å². The molecule has 0 radical (unpaired) electrons. The Kier molecular flexibility index (Phi) is 9.27. The van der Waals surface area contributed by atoms with Gasteiger partial charge < -0.3 is 10.2 Å². The number of fused-ring (bicyclic) bond motifs is 1. The van der Waals surface area contributed by atoms with Gasteiger partial charge in [-0.25, -0.2) is 8.42 Å². The van der Waals surface area contributed by atoms with Crippen LogP contribution in [0.15, 0.2) is 76.1 Å². The average molecular weight is 575 g/mol. The molecule has 0 bridgehead atoms. The Morgan fingerprint density at radius 3 is 2.33 bits per heavy atom. The van der Waals surface area contributed by atoms with Gasteiger partial charge in [0.1, 0.15) is 6.04 Å². The number of amides is 2. The van der Waals surface area contributed by atoms with Crippen LogP contribution in [0.2, 0.25) is 0 Å². The van der Waals surface area contributed by atoms with Crippen LogP contribution in [0.25, 0.3) is 10.8 Å². The number of rotatable bonds is 10. The maximum absolute atomic E-state index is 13.5. The van der Waals surface area contributed by atoms with Crippen LogP contribution in [-0.2, 0) is 26.2 Å². The summed E-state index contributed by atoms with van der Waals surface area (Å²) in [6, 6.07) is 19.0. The molecule has 0 spiro atoms. The number of benzene rings is 3. The first-order valence-corrected chi connectivity index (χ1v) is 14.1. The Morgan fingerprint density at radius 2 is 1.67 bits per heavy atom. The number of nitrogens with zero attached hydrogens (tertiary/aromatic N) is 2. The lowest BCUT2D eigenvalue weighted by Gasteiger charge is -2.31. The Labute approximate surface area is 221 Å². The molecule has 0 aromatic heterocycles. The molecule has 3 rings (SSSR count). The van der Waals surface area contributed by atoms with Gasteiger partial charge in [-0.05, 0) is 60.9 Å². The first-order chi connectivity index (χ1) is 17.0. The minimum absolute atomic E-state index is 0.0428. The number of halogens is 1. The fourth-order valence-corrected chi connectivity index (χ4v) is 5.36. The number of carbonyl (C=O) groups is 2. The summed E-state index contributed by atoms with van der Waals surface area (Å²) >= 11 is 3.44. The summed E-state index contributed by atoms with van der Waals surface area (Å²) in [5.74, 6) is -0.749. The minimum Gasteiger partial charge on any atom is -0.352 e. The molecule has 0 fully saturated rings. The molecular formula is C27H32BrN3O4S. The van der Waals surface area contributed by atoms with E-state index in [-0.39, 0.29) is 23.4 Å². The SMILES string of the molecule is CC[C@H](C)NC(=O)[C@@H](C)N(Cc1cccc(Br)c1)C(=O)CN(C)S(=O)(=O)c1ccc2ccccc2c1. The standard InChI is InChI=1S/C27H32BrN3O4S/c1-5-19(2)29-27(33)20(3)31(17-21-9-8-12-24(28)15-21)26(32)18-30(4)36(34,35)25-14-13-22-10-6-7-11-23(22)16-25/h6-16,19-20H,5,17-18H2,1-4H3,(H,29,33)/t19-,20+/m0/s1. The van der Waals surface area contributed by atoms with Crippen molar-refractivity contribution in [2.24, 2.45) is 0 Å². The normalized spacial score (nSPS) is 13.4. The van der Waals surface area contributed by atoms with E-state index in [1.807, 2.05) is 62.4 Å². The molecule has 192 valence electrons. The van der Waals surface area contributed by atoms with Crippen LogP contribution in [-0.4, -0.2) is 55.1 Å². The monoisotopic (exact) mass is 573 g/mol. The molecule has 2 amide bonds. The van der Waals surface area contributed by atoms with Crippen molar-refractivity contribution in [2.75, 3.05) is 13.6 Å². The molecule has 0 aliphatic rings. The lowest BCUT2D eigenvalue weighted by atomic mass is 10.1. The van der Waals surface area contributed by atoms with Crippen LogP contribution in [0.3, 0.4) is 0 Å². The summed E-state index contributed by atoms with van der Waals surface area (Å²) in [7, 11) is -2.55. The molecular weight excluding hydrogens is 542 g/mol. The summed E-state index contributed by atoms with van der Waals surface area (Å²) in [6.45, 7) is 5.29. The second-order valence-electron chi connectivity index (χ2n) is 8.92. The van der Waals surface area contributed by atoms with Gasteiger partial charge >= 0.3 is 0 Å². The predicted octanol–water partition coefficient (Wildman–Crippen LogP) is 4.55. The molecule has 0 aliphatic heterocycles. The van der Waals surface area contributed by atoms with Crippen LogP contribution in [0, 0.1) is 0 Å². The average Bonchev–Trinajstić information content (AvgIpc) is 2.86. The summed E-state index contributed by atoms with van der Waals surface area (Å²) in [5.41, 5.74) is 0.820. The third-order valence-electron chi connectivity index (χ3n) is 6.20. The zero-order valence-corrected chi connectivity index (χ0v) is 23.3. The first-order valence-electron chi connectivity index (χ1n) is 11.8. The number of carbonyl (C=O) groups excluding carboxylic acids is 2. The van der Waals surface area contributed by atoms with E-state index in [0.717, 1.165) is 31.5 Å². The van der Waals surface area contributed by atoms with Crippen LogP contribution in [0.5, 0.6) is 0 Å².